The number of carbonyl (C=O) groups excluding carboxylic acids is 1. The lowest BCUT2D eigenvalue weighted by atomic mass is 9.91. The van der Waals surface area contributed by atoms with Crippen molar-refractivity contribution in [3.8, 4) is 11.5 Å². The molecule has 1 aromatic carbocycles. The van der Waals surface area contributed by atoms with E-state index in [-0.39, 0.29) is 16.7 Å². The minimum atomic E-state index is 0.0156. The van der Waals surface area contributed by atoms with Gasteiger partial charge in [-0.15, -0.1) is 11.8 Å². The largest absolute Gasteiger partial charge is 0.486 e. The molecule has 4 nitrogen and oxygen atoms in total. The first-order chi connectivity index (χ1) is 10.4. The molecule has 2 aliphatic rings. The van der Waals surface area contributed by atoms with E-state index in [1.54, 1.807) is 0 Å². The van der Waals surface area contributed by atoms with Crippen LogP contribution in [0.15, 0.2) is 18.2 Å². The summed E-state index contributed by atoms with van der Waals surface area (Å²) < 4.78 is 11.2. The molecule has 0 radical (unpaired) electrons. The number of rotatable bonds is 2. The molecule has 2 heterocycles. The van der Waals surface area contributed by atoms with E-state index < -0.39 is 0 Å². The van der Waals surface area contributed by atoms with Crippen molar-refractivity contribution in [1.82, 2.24) is 4.90 Å². The molecule has 1 atom stereocenters. The van der Waals surface area contributed by atoms with Gasteiger partial charge in [-0.2, -0.15) is 0 Å². The lowest BCUT2D eigenvalue weighted by Gasteiger charge is -2.28. The minimum Gasteiger partial charge on any atom is -0.486 e. The number of hydrogen-bond donors (Lipinski definition) is 0. The maximum atomic E-state index is 12.6. The first kappa shape index (κ1) is 15.5. The van der Waals surface area contributed by atoms with E-state index >= 15 is 0 Å². The van der Waals surface area contributed by atoms with Gasteiger partial charge in [-0.3, -0.25) is 4.79 Å². The Morgan fingerprint density at radius 1 is 1.27 bits per heavy atom. The van der Waals surface area contributed by atoms with Crippen LogP contribution in [0.2, 0.25) is 0 Å². The van der Waals surface area contributed by atoms with Gasteiger partial charge in [-0.1, -0.05) is 26.8 Å². The van der Waals surface area contributed by atoms with Crippen LogP contribution in [0, 0.1) is 5.41 Å². The van der Waals surface area contributed by atoms with Crippen molar-refractivity contribution in [3.05, 3.63) is 23.8 Å². The number of fused-ring (bicyclic) bond motifs is 1. The molecule has 0 aliphatic carbocycles. The molecule has 0 N–H and O–H groups in total. The Bertz CT molecular complexity index is 568. The van der Waals surface area contributed by atoms with Gasteiger partial charge in [0.25, 0.3) is 0 Å². The van der Waals surface area contributed by atoms with E-state index in [9.17, 15) is 4.79 Å². The Hall–Kier alpha value is -1.36. The van der Waals surface area contributed by atoms with Gasteiger partial charge in [-0.05, 0) is 23.1 Å². The molecular formula is C17H23NO3S. The smallest absolute Gasteiger partial charge is 0.224 e. The molecule has 1 fully saturated rings. The third-order valence-corrected chi connectivity index (χ3v) is 5.00. The van der Waals surface area contributed by atoms with Gasteiger partial charge in [0.2, 0.25) is 5.91 Å². The molecule has 120 valence electrons. The molecule has 1 saturated heterocycles. The van der Waals surface area contributed by atoms with Gasteiger partial charge < -0.3 is 14.4 Å². The Kier molecular flexibility index (Phi) is 4.26. The summed E-state index contributed by atoms with van der Waals surface area (Å²) in [6, 6.07) is 6.03. The summed E-state index contributed by atoms with van der Waals surface area (Å²) in [6.45, 7) is 8.31. The molecule has 2 aliphatic heterocycles. The third kappa shape index (κ3) is 3.35. The zero-order valence-corrected chi connectivity index (χ0v) is 14.2. The highest BCUT2D eigenvalue weighted by Gasteiger charge is 2.33. The highest BCUT2D eigenvalue weighted by molar-refractivity contribution is 7.99. The van der Waals surface area contributed by atoms with Gasteiger partial charge in [0.1, 0.15) is 18.6 Å². The molecule has 1 amide bonds. The number of hydrogen-bond acceptors (Lipinski definition) is 4. The van der Waals surface area contributed by atoms with E-state index in [0.29, 0.717) is 19.6 Å². The first-order valence-electron chi connectivity index (χ1n) is 7.75. The average Bonchev–Trinajstić information content (AvgIpc) is 2.94. The fraction of sp³-hybridized carbons (Fsp3) is 0.588. The van der Waals surface area contributed by atoms with E-state index in [1.807, 2.05) is 34.9 Å². The summed E-state index contributed by atoms with van der Waals surface area (Å²) >= 11 is 1.82. The Morgan fingerprint density at radius 2 is 2.00 bits per heavy atom. The van der Waals surface area contributed by atoms with Crippen molar-refractivity contribution < 1.29 is 14.3 Å². The Balaban J connectivity index is 1.79. The van der Waals surface area contributed by atoms with Crippen LogP contribution in [-0.4, -0.2) is 36.3 Å². The number of nitrogens with zero attached hydrogens (tertiary/aromatic N) is 1. The molecule has 0 bridgehead atoms. The maximum Gasteiger partial charge on any atom is 0.224 e. The van der Waals surface area contributed by atoms with Crippen molar-refractivity contribution in [3.63, 3.8) is 0 Å². The van der Waals surface area contributed by atoms with Crippen LogP contribution in [-0.2, 0) is 4.79 Å². The first-order valence-corrected chi connectivity index (χ1v) is 8.79. The van der Waals surface area contributed by atoms with Crippen molar-refractivity contribution in [1.29, 1.82) is 0 Å². The van der Waals surface area contributed by atoms with Crippen molar-refractivity contribution in [2.45, 2.75) is 32.6 Å². The van der Waals surface area contributed by atoms with E-state index in [4.69, 9.17) is 9.47 Å². The summed E-state index contributed by atoms with van der Waals surface area (Å²) in [6.07, 6.45) is 0.578. The lowest BCUT2D eigenvalue weighted by Crippen LogP contribution is -2.33. The van der Waals surface area contributed by atoms with Crippen LogP contribution in [0.25, 0.3) is 0 Å². The van der Waals surface area contributed by atoms with Gasteiger partial charge in [0.15, 0.2) is 11.5 Å². The van der Waals surface area contributed by atoms with E-state index in [0.717, 1.165) is 29.4 Å². The topological polar surface area (TPSA) is 38.8 Å². The quantitative estimate of drug-likeness (QED) is 0.836. The zero-order valence-electron chi connectivity index (χ0n) is 13.4. The third-order valence-electron chi connectivity index (χ3n) is 3.74. The monoisotopic (exact) mass is 321 g/mol. The van der Waals surface area contributed by atoms with Gasteiger partial charge in [-0.25, -0.2) is 0 Å². The summed E-state index contributed by atoms with van der Waals surface area (Å²) in [5, 5.41) is 0.0886. The van der Waals surface area contributed by atoms with E-state index in [2.05, 4.69) is 20.8 Å². The second-order valence-corrected chi connectivity index (χ2v) is 8.14. The molecule has 3 rings (SSSR count). The number of ether oxygens (including phenoxy) is 2. The molecule has 1 unspecified atom stereocenters. The van der Waals surface area contributed by atoms with Crippen molar-refractivity contribution in [2.75, 3.05) is 25.5 Å². The standard InChI is InChI=1S/C17H23NO3S/c1-17(2,3)11-15(19)18-6-9-22-16(18)12-4-5-13-14(10-12)21-8-7-20-13/h4-5,10,16H,6-9,11H2,1-3H3. The zero-order chi connectivity index (χ0) is 15.7. The fourth-order valence-electron chi connectivity index (χ4n) is 2.77. The van der Waals surface area contributed by atoms with Gasteiger partial charge in [0, 0.05) is 18.7 Å². The van der Waals surface area contributed by atoms with Crippen LogP contribution in [0.4, 0.5) is 0 Å². The lowest BCUT2D eigenvalue weighted by molar-refractivity contribution is -0.133. The Labute approximate surface area is 136 Å². The summed E-state index contributed by atoms with van der Waals surface area (Å²) in [5.74, 6) is 2.80. The Morgan fingerprint density at radius 3 is 2.73 bits per heavy atom. The summed E-state index contributed by atoms with van der Waals surface area (Å²) in [4.78, 5) is 14.6. The SMILES string of the molecule is CC(C)(C)CC(=O)N1CCSC1c1ccc2c(c1)OCCO2. The maximum absolute atomic E-state index is 12.6. The van der Waals surface area contributed by atoms with E-state index in [1.165, 1.54) is 0 Å². The number of thioether (sulfide) groups is 1. The minimum absolute atomic E-state index is 0.0156. The normalized spacial score (nSPS) is 21.0. The highest BCUT2D eigenvalue weighted by atomic mass is 32.2. The molecular weight excluding hydrogens is 298 g/mol. The van der Waals surface area contributed by atoms with Gasteiger partial charge in [0.05, 0.1) is 0 Å². The number of carbonyl (C=O) groups is 1. The van der Waals surface area contributed by atoms with Crippen LogP contribution < -0.4 is 9.47 Å². The molecule has 0 aromatic heterocycles. The predicted molar refractivity (Wildman–Crippen MR) is 88.4 cm³/mol. The van der Waals surface area contributed by atoms with Gasteiger partial charge >= 0.3 is 0 Å². The van der Waals surface area contributed by atoms with Crippen LogP contribution >= 0.6 is 11.8 Å². The highest BCUT2D eigenvalue weighted by Crippen LogP contribution is 2.42. The average molecular weight is 321 g/mol. The van der Waals surface area contributed by atoms with Crippen LogP contribution in [0.1, 0.15) is 38.1 Å². The predicted octanol–water partition coefficient (Wildman–Crippen LogP) is 3.47. The molecule has 0 spiro atoms. The second kappa shape index (κ2) is 6.03. The second-order valence-electron chi connectivity index (χ2n) is 6.95. The molecule has 1 aromatic rings. The van der Waals surface area contributed by atoms with Crippen molar-refractivity contribution in [2.24, 2.45) is 5.41 Å². The molecule has 22 heavy (non-hydrogen) atoms. The van der Waals surface area contributed by atoms with Crippen LogP contribution in [0.3, 0.4) is 0 Å². The number of amides is 1. The number of benzene rings is 1. The molecule has 5 heteroatoms. The van der Waals surface area contributed by atoms with Crippen LogP contribution in [0.5, 0.6) is 11.5 Å². The van der Waals surface area contributed by atoms with Crippen molar-refractivity contribution >= 4 is 17.7 Å². The summed E-state index contributed by atoms with van der Waals surface area (Å²) in [5.41, 5.74) is 1.14. The fourth-order valence-corrected chi connectivity index (χ4v) is 4.04. The summed E-state index contributed by atoms with van der Waals surface area (Å²) in [7, 11) is 0. The molecule has 0 saturated carbocycles.